The summed E-state index contributed by atoms with van der Waals surface area (Å²) >= 11 is 0. The smallest absolute Gasteiger partial charge is 0.307 e. The monoisotopic (exact) mass is 420 g/mol. The number of pyridine rings is 1. The van der Waals surface area contributed by atoms with E-state index in [9.17, 15) is 9.18 Å². The Labute approximate surface area is 180 Å². The Morgan fingerprint density at radius 1 is 1.19 bits per heavy atom. The van der Waals surface area contributed by atoms with Crippen LogP contribution in [0.1, 0.15) is 22.7 Å². The van der Waals surface area contributed by atoms with Crippen molar-refractivity contribution in [1.29, 1.82) is 0 Å². The van der Waals surface area contributed by atoms with E-state index >= 15 is 0 Å². The van der Waals surface area contributed by atoms with Gasteiger partial charge in [-0.25, -0.2) is 9.37 Å². The Bertz CT molecular complexity index is 1040. The van der Waals surface area contributed by atoms with Crippen molar-refractivity contribution in [2.24, 2.45) is 0 Å². The fraction of sp³-hybridized carbons (Fsp3) is 0.250. The molecule has 1 aliphatic heterocycles. The number of carbonyl (C=O) groups is 1. The van der Waals surface area contributed by atoms with Crippen molar-refractivity contribution in [1.82, 2.24) is 10.3 Å². The van der Waals surface area contributed by atoms with Crippen LogP contribution in [-0.4, -0.2) is 35.2 Å². The molecule has 1 aliphatic rings. The van der Waals surface area contributed by atoms with Crippen LogP contribution >= 0.6 is 0 Å². The summed E-state index contributed by atoms with van der Waals surface area (Å²) in [4.78, 5) is 15.4. The van der Waals surface area contributed by atoms with Crippen LogP contribution in [0.5, 0.6) is 0 Å². The van der Waals surface area contributed by atoms with E-state index in [-0.39, 0.29) is 24.3 Å². The highest BCUT2D eigenvalue weighted by molar-refractivity contribution is 5.70. The van der Waals surface area contributed by atoms with Crippen LogP contribution in [0, 0.1) is 5.82 Å². The van der Waals surface area contributed by atoms with Crippen molar-refractivity contribution in [2.45, 2.75) is 24.9 Å². The van der Waals surface area contributed by atoms with Gasteiger partial charge in [0.25, 0.3) is 0 Å². The van der Waals surface area contributed by atoms with Gasteiger partial charge in [0.2, 0.25) is 0 Å². The Morgan fingerprint density at radius 2 is 2.03 bits per heavy atom. The van der Waals surface area contributed by atoms with E-state index in [2.05, 4.69) is 33.1 Å². The van der Waals surface area contributed by atoms with Gasteiger partial charge in [0, 0.05) is 12.7 Å². The number of rotatable bonds is 8. The summed E-state index contributed by atoms with van der Waals surface area (Å²) in [7, 11) is 0. The molecule has 0 unspecified atom stereocenters. The molecule has 2 aromatic carbocycles. The van der Waals surface area contributed by atoms with Crippen molar-refractivity contribution in [3.63, 3.8) is 0 Å². The van der Waals surface area contributed by atoms with Crippen LogP contribution in [0.25, 0.3) is 0 Å². The van der Waals surface area contributed by atoms with Crippen LogP contribution in [0.4, 0.5) is 15.9 Å². The normalized spacial score (nSPS) is 16.0. The molecule has 0 fully saturated rings. The molecule has 160 valence electrons. The zero-order valence-corrected chi connectivity index (χ0v) is 17.0. The van der Waals surface area contributed by atoms with Gasteiger partial charge in [-0.15, -0.1) is 0 Å². The van der Waals surface area contributed by atoms with E-state index in [0.29, 0.717) is 30.6 Å². The van der Waals surface area contributed by atoms with E-state index in [1.807, 2.05) is 30.3 Å². The molecule has 0 bridgehead atoms. The number of aromatic nitrogens is 1. The third-order valence-electron chi connectivity index (χ3n) is 5.43. The third-order valence-corrected chi connectivity index (χ3v) is 5.43. The molecule has 6 nitrogen and oxygen atoms in total. The molecule has 0 spiro atoms. The molecule has 0 amide bonds. The number of halogens is 1. The predicted molar refractivity (Wildman–Crippen MR) is 119 cm³/mol. The molecule has 7 heteroatoms. The standard InChI is InChI=1S/C24H25FN4O2/c25-19-9-8-16(14-22(30)31)13-18(19)10-12-26-23(17-5-2-1-3-6-17)21-15-28-20-7-4-11-27-24(20)29-21/h1-9,11,13,21,23,26,28H,10,12,14-15H2,(H,27,29)(H,30,31)/t21-,23-/m1/s1. The minimum atomic E-state index is -0.926. The lowest BCUT2D eigenvalue weighted by atomic mass is 9.97. The minimum absolute atomic E-state index is 0.0193. The number of hydrogen-bond acceptors (Lipinski definition) is 5. The summed E-state index contributed by atoms with van der Waals surface area (Å²) in [6, 6.07) is 18.5. The summed E-state index contributed by atoms with van der Waals surface area (Å²) in [5, 5.41) is 19.5. The Morgan fingerprint density at radius 3 is 2.84 bits per heavy atom. The number of hydrogen-bond donors (Lipinski definition) is 4. The second-order valence-corrected chi connectivity index (χ2v) is 7.62. The maximum Gasteiger partial charge on any atom is 0.307 e. The number of benzene rings is 2. The average molecular weight is 420 g/mol. The van der Waals surface area contributed by atoms with E-state index < -0.39 is 5.97 Å². The topological polar surface area (TPSA) is 86.3 Å². The zero-order chi connectivity index (χ0) is 21.6. The Hall–Kier alpha value is -3.45. The maximum atomic E-state index is 14.3. The van der Waals surface area contributed by atoms with Gasteiger partial charge in [-0.2, -0.15) is 0 Å². The van der Waals surface area contributed by atoms with E-state index in [1.165, 1.54) is 12.1 Å². The first kappa shape index (κ1) is 20.8. The molecule has 1 aromatic heterocycles. The van der Waals surface area contributed by atoms with Crippen molar-refractivity contribution in [3.05, 3.63) is 89.4 Å². The van der Waals surface area contributed by atoms with Gasteiger partial charge in [0.15, 0.2) is 0 Å². The summed E-state index contributed by atoms with van der Waals surface area (Å²) in [5.41, 5.74) is 3.22. The van der Waals surface area contributed by atoms with E-state index in [4.69, 9.17) is 5.11 Å². The molecule has 2 heterocycles. The number of fused-ring (bicyclic) bond motifs is 1. The van der Waals surface area contributed by atoms with Gasteiger partial charge in [-0.05, 0) is 47.9 Å². The lowest BCUT2D eigenvalue weighted by molar-refractivity contribution is -0.136. The SMILES string of the molecule is O=C(O)Cc1ccc(F)c(CCN[C@H](c2ccccc2)[C@H]2CNc3cccnc3N2)c1. The largest absolute Gasteiger partial charge is 0.481 e. The van der Waals surface area contributed by atoms with Gasteiger partial charge in [-0.3, -0.25) is 4.79 Å². The molecule has 31 heavy (non-hydrogen) atoms. The second kappa shape index (κ2) is 9.57. The first-order valence-corrected chi connectivity index (χ1v) is 10.3. The number of nitrogens with one attached hydrogen (secondary N) is 3. The van der Waals surface area contributed by atoms with Crippen LogP contribution < -0.4 is 16.0 Å². The van der Waals surface area contributed by atoms with Gasteiger partial charge in [-0.1, -0.05) is 42.5 Å². The molecular weight excluding hydrogens is 395 g/mol. The fourth-order valence-electron chi connectivity index (χ4n) is 3.93. The summed E-state index contributed by atoms with van der Waals surface area (Å²) < 4.78 is 14.3. The van der Waals surface area contributed by atoms with E-state index in [1.54, 1.807) is 12.3 Å². The van der Waals surface area contributed by atoms with Crippen LogP contribution in [0.3, 0.4) is 0 Å². The summed E-state index contributed by atoms with van der Waals surface area (Å²) in [5.74, 6) is -0.429. The van der Waals surface area contributed by atoms with Crippen molar-refractivity contribution in [3.8, 4) is 0 Å². The number of carboxylic acids is 1. The number of nitrogens with zero attached hydrogens (tertiary/aromatic N) is 1. The molecule has 0 aliphatic carbocycles. The zero-order valence-electron chi connectivity index (χ0n) is 17.0. The van der Waals surface area contributed by atoms with Crippen LogP contribution in [0.15, 0.2) is 66.9 Å². The molecule has 0 saturated carbocycles. The number of aliphatic carboxylic acids is 1. The molecule has 2 atom stereocenters. The highest BCUT2D eigenvalue weighted by Gasteiger charge is 2.27. The molecule has 4 N–H and O–H groups in total. The molecule has 0 saturated heterocycles. The van der Waals surface area contributed by atoms with E-state index in [0.717, 1.165) is 17.1 Å². The molecule has 4 rings (SSSR count). The minimum Gasteiger partial charge on any atom is -0.481 e. The molecule has 0 radical (unpaired) electrons. The predicted octanol–water partition coefficient (Wildman–Crippen LogP) is 3.63. The van der Waals surface area contributed by atoms with Crippen molar-refractivity contribution < 1.29 is 14.3 Å². The maximum absolute atomic E-state index is 14.3. The first-order chi connectivity index (χ1) is 15.1. The van der Waals surface area contributed by atoms with Gasteiger partial charge in [0.05, 0.1) is 24.2 Å². The number of carboxylic acid groups (broad SMARTS) is 1. The van der Waals surface area contributed by atoms with Crippen LogP contribution in [0.2, 0.25) is 0 Å². The highest BCUT2D eigenvalue weighted by Crippen LogP contribution is 2.28. The van der Waals surface area contributed by atoms with Crippen LogP contribution in [-0.2, 0) is 17.6 Å². The third kappa shape index (κ3) is 5.19. The quantitative estimate of drug-likeness (QED) is 0.445. The van der Waals surface area contributed by atoms with Gasteiger partial charge in [0.1, 0.15) is 11.6 Å². The van der Waals surface area contributed by atoms with Gasteiger partial charge < -0.3 is 21.1 Å². The molecular formula is C24H25FN4O2. The first-order valence-electron chi connectivity index (χ1n) is 10.3. The summed E-state index contributed by atoms with van der Waals surface area (Å²) in [6.07, 6.45) is 2.10. The molecule has 3 aromatic rings. The van der Waals surface area contributed by atoms with Gasteiger partial charge >= 0.3 is 5.97 Å². The Kier molecular flexibility index (Phi) is 6.43. The lowest BCUT2D eigenvalue weighted by Gasteiger charge is -2.34. The Balaban J connectivity index is 1.47. The second-order valence-electron chi connectivity index (χ2n) is 7.62. The average Bonchev–Trinajstić information content (AvgIpc) is 2.78. The lowest BCUT2D eigenvalue weighted by Crippen LogP contribution is -2.44. The highest BCUT2D eigenvalue weighted by atomic mass is 19.1. The number of anilines is 2. The summed E-state index contributed by atoms with van der Waals surface area (Å²) in [6.45, 7) is 1.26. The van der Waals surface area contributed by atoms with Crippen molar-refractivity contribution in [2.75, 3.05) is 23.7 Å². The fourth-order valence-corrected chi connectivity index (χ4v) is 3.93. The van der Waals surface area contributed by atoms with Crippen molar-refractivity contribution >= 4 is 17.5 Å².